The predicted molar refractivity (Wildman–Crippen MR) is 156 cm³/mol. The molecule has 0 atom stereocenters. The monoisotopic (exact) mass is 553 g/mol. The fourth-order valence-electron chi connectivity index (χ4n) is 5.00. The summed E-state index contributed by atoms with van der Waals surface area (Å²) >= 11 is 0. The maximum Gasteiger partial charge on any atom is 0.343 e. The number of aromatic amines is 1. The summed E-state index contributed by atoms with van der Waals surface area (Å²) in [4.78, 5) is 36.9. The van der Waals surface area contributed by atoms with Gasteiger partial charge in [0.25, 0.3) is 0 Å². The summed E-state index contributed by atoms with van der Waals surface area (Å²) in [5, 5.41) is 0.387. The van der Waals surface area contributed by atoms with E-state index in [0.717, 1.165) is 37.7 Å². The van der Waals surface area contributed by atoms with Crippen molar-refractivity contribution in [1.29, 1.82) is 0 Å². The normalized spacial score (nSPS) is 13.3. The van der Waals surface area contributed by atoms with E-state index in [-0.39, 0.29) is 23.0 Å². The van der Waals surface area contributed by atoms with Crippen molar-refractivity contribution >= 4 is 28.6 Å². The number of pyridine rings is 1. The molecule has 0 amide bonds. The first-order valence-corrected chi connectivity index (χ1v) is 13.4. The number of carbonyl (C=O) groups is 1. The van der Waals surface area contributed by atoms with Crippen molar-refractivity contribution in [2.75, 3.05) is 25.7 Å². The van der Waals surface area contributed by atoms with Gasteiger partial charge in [-0.25, -0.2) is 9.78 Å². The fraction of sp³-hybridized carbons (Fsp3) is 0.290. The molecule has 10 heteroatoms. The first-order valence-electron chi connectivity index (χ1n) is 13.4. The molecule has 0 radical (unpaired) electrons. The molecule has 1 aliphatic carbocycles. The van der Waals surface area contributed by atoms with Crippen LogP contribution in [0, 0.1) is 11.8 Å². The molecule has 5 rings (SSSR count). The molecular formula is C31H31N5O5. The van der Waals surface area contributed by atoms with Crippen molar-refractivity contribution in [2.45, 2.75) is 44.6 Å². The van der Waals surface area contributed by atoms with Crippen LogP contribution < -0.4 is 26.4 Å². The van der Waals surface area contributed by atoms with E-state index in [1.165, 1.54) is 6.20 Å². The summed E-state index contributed by atoms with van der Waals surface area (Å²) in [5.41, 5.74) is 14.7. The molecule has 4 aromatic rings. The van der Waals surface area contributed by atoms with Gasteiger partial charge < -0.3 is 30.7 Å². The van der Waals surface area contributed by atoms with Gasteiger partial charge in [0.15, 0.2) is 11.5 Å². The number of nitrogens with two attached hydrogens (primary N) is 2. The van der Waals surface area contributed by atoms with Crippen LogP contribution in [0.4, 0.5) is 11.8 Å². The summed E-state index contributed by atoms with van der Waals surface area (Å²) in [6.07, 6.45) is 8.20. The number of esters is 1. The number of ether oxygens (including phenoxy) is 3. The standard InChI is InChI=1S/C31H31N5O5/c1-39-26-15-19(13-21-16-35-31(33)36-29(21)32)12-20(28(26)40-2)10-8-18-9-11-23-25(14-18)34-17-24(27(23)37)30(38)41-22-6-4-3-5-7-22/h9,11-12,14-17,22H,3-7,13H2,1-2H3,(H,34,37)(H4,32,33,35,36). The van der Waals surface area contributed by atoms with Crippen LogP contribution in [0.3, 0.4) is 0 Å². The Morgan fingerprint density at radius 1 is 1.07 bits per heavy atom. The van der Waals surface area contributed by atoms with Crippen LogP contribution in [0.1, 0.15) is 64.7 Å². The minimum absolute atomic E-state index is 0.00249. The van der Waals surface area contributed by atoms with E-state index in [4.69, 9.17) is 25.7 Å². The molecule has 0 spiro atoms. The molecule has 1 saturated carbocycles. The third kappa shape index (κ3) is 6.09. The minimum atomic E-state index is -0.586. The van der Waals surface area contributed by atoms with E-state index in [0.29, 0.717) is 51.3 Å². The summed E-state index contributed by atoms with van der Waals surface area (Å²) in [6, 6.07) is 8.89. The lowest BCUT2D eigenvalue weighted by Gasteiger charge is -2.21. The maximum absolute atomic E-state index is 13.1. The van der Waals surface area contributed by atoms with Crippen molar-refractivity contribution in [1.82, 2.24) is 15.0 Å². The van der Waals surface area contributed by atoms with Gasteiger partial charge in [-0.2, -0.15) is 4.98 Å². The van der Waals surface area contributed by atoms with Crippen LogP contribution in [-0.4, -0.2) is 41.2 Å². The zero-order valence-electron chi connectivity index (χ0n) is 23.0. The number of nitrogen functional groups attached to an aromatic ring is 2. The zero-order chi connectivity index (χ0) is 28.9. The van der Waals surface area contributed by atoms with Crippen molar-refractivity contribution in [3.63, 3.8) is 0 Å². The van der Waals surface area contributed by atoms with Crippen LogP contribution in [0.5, 0.6) is 11.5 Å². The Bertz CT molecular complexity index is 1730. The van der Waals surface area contributed by atoms with Gasteiger partial charge >= 0.3 is 5.97 Å². The number of hydrogen-bond donors (Lipinski definition) is 3. The highest BCUT2D eigenvalue weighted by Crippen LogP contribution is 2.33. The van der Waals surface area contributed by atoms with Gasteiger partial charge in [-0.05, 0) is 61.6 Å². The number of nitrogens with one attached hydrogen (secondary N) is 1. The van der Waals surface area contributed by atoms with Crippen molar-refractivity contribution < 1.29 is 19.0 Å². The highest BCUT2D eigenvalue weighted by molar-refractivity contribution is 5.93. The van der Waals surface area contributed by atoms with Crippen LogP contribution in [0.2, 0.25) is 0 Å². The Morgan fingerprint density at radius 2 is 1.88 bits per heavy atom. The van der Waals surface area contributed by atoms with Crippen LogP contribution >= 0.6 is 0 Å². The summed E-state index contributed by atoms with van der Waals surface area (Å²) < 4.78 is 16.7. The first-order chi connectivity index (χ1) is 19.9. The highest BCUT2D eigenvalue weighted by atomic mass is 16.5. The molecule has 2 aromatic carbocycles. The average molecular weight is 554 g/mol. The van der Waals surface area contributed by atoms with E-state index in [9.17, 15) is 9.59 Å². The van der Waals surface area contributed by atoms with Gasteiger partial charge in [0.05, 0.1) is 25.3 Å². The Balaban J connectivity index is 1.43. The number of aromatic nitrogens is 3. The predicted octanol–water partition coefficient (Wildman–Crippen LogP) is 3.98. The fourth-order valence-corrected chi connectivity index (χ4v) is 5.00. The van der Waals surface area contributed by atoms with Crippen LogP contribution in [0.15, 0.2) is 47.5 Å². The Morgan fingerprint density at radius 3 is 2.61 bits per heavy atom. The highest BCUT2D eigenvalue weighted by Gasteiger charge is 2.21. The number of carbonyl (C=O) groups excluding carboxylic acids is 1. The lowest BCUT2D eigenvalue weighted by Crippen LogP contribution is -2.25. The van der Waals surface area contributed by atoms with E-state index < -0.39 is 5.97 Å². The van der Waals surface area contributed by atoms with Crippen molar-refractivity contribution in [2.24, 2.45) is 0 Å². The van der Waals surface area contributed by atoms with Gasteiger partial charge in [-0.1, -0.05) is 18.3 Å². The molecule has 5 N–H and O–H groups in total. The maximum atomic E-state index is 13.1. The molecule has 41 heavy (non-hydrogen) atoms. The third-order valence-corrected chi connectivity index (χ3v) is 7.12. The lowest BCUT2D eigenvalue weighted by atomic mass is 9.98. The second-order valence-corrected chi connectivity index (χ2v) is 9.90. The number of hydrogen-bond acceptors (Lipinski definition) is 9. The minimum Gasteiger partial charge on any atom is -0.493 e. The number of rotatable bonds is 6. The molecule has 10 nitrogen and oxygen atoms in total. The van der Waals surface area contributed by atoms with Crippen molar-refractivity contribution in [3.05, 3.63) is 80.8 Å². The smallest absolute Gasteiger partial charge is 0.343 e. The second kappa shape index (κ2) is 12.0. The molecule has 1 fully saturated rings. The third-order valence-electron chi connectivity index (χ3n) is 7.12. The van der Waals surface area contributed by atoms with E-state index in [1.807, 2.05) is 12.1 Å². The second-order valence-electron chi connectivity index (χ2n) is 9.90. The van der Waals surface area contributed by atoms with E-state index in [1.54, 1.807) is 38.6 Å². The molecule has 210 valence electrons. The molecular weight excluding hydrogens is 522 g/mol. The number of nitrogens with zero attached hydrogens (tertiary/aromatic N) is 2. The summed E-state index contributed by atoms with van der Waals surface area (Å²) in [7, 11) is 3.10. The zero-order valence-corrected chi connectivity index (χ0v) is 23.0. The molecule has 0 aliphatic heterocycles. The first kappa shape index (κ1) is 27.5. The summed E-state index contributed by atoms with van der Waals surface area (Å²) in [5.74, 6) is 7.12. The molecule has 2 heterocycles. The Labute approximate surface area is 237 Å². The number of anilines is 2. The van der Waals surface area contributed by atoms with Crippen LogP contribution in [-0.2, 0) is 11.2 Å². The van der Waals surface area contributed by atoms with Gasteiger partial charge in [0.1, 0.15) is 17.5 Å². The SMILES string of the molecule is COc1cc(Cc2cnc(N)nc2N)cc(C#Cc2ccc3c(=O)c(C(=O)OC4CCCCC4)c[nH]c3c2)c1OC. The van der Waals surface area contributed by atoms with E-state index in [2.05, 4.69) is 26.8 Å². The molecule has 1 aliphatic rings. The van der Waals surface area contributed by atoms with Crippen LogP contribution in [0.25, 0.3) is 10.9 Å². The van der Waals surface area contributed by atoms with Gasteiger partial charge in [0.2, 0.25) is 11.4 Å². The number of benzene rings is 2. The molecule has 0 bridgehead atoms. The molecule has 0 saturated heterocycles. The van der Waals surface area contributed by atoms with Gasteiger partial charge in [-0.15, -0.1) is 0 Å². The van der Waals surface area contributed by atoms with Gasteiger partial charge in [-0.3, -0.25) is 4.79 Å². The average Bonchev–Trinajstić information content (AvgIpc) is 2.97. The quantitative estimate of drug-likeness (QED) is 0.237. The summed E-state index contributed by atoms with van der Waals surface area (Å²) in [6.45, 7) is 0. The number of H-pyrrole nitrogens is 1. The Kier molecular flexibility index (Phi) is 8.06. The largest absolute Gasteiger partial charge is 0.493 e. The van der Waals surface area contributed by atoms with E-state index >= 15 is 0 Å². The lowest BCUT2D eigenvalue weighted by molar-refractivity contribution is 0.0209. The number of fused-ring (bicyclic) bond motifs is 1. The Hall–Kier alpha value is -5.04. The van der Waals surface area contributed by atoms with Crippen molar-refractivity contribution in [3.8, 4) is 23.3 Å². The number of methoxy groups -OCH3 is 2. The topological polar surface area (TPSA) is 155 Å². The van der Waals surface area contributed by atoms with Gasteiger partial charge in [0, 0.05) is 35.3 Å². The molecule has 2 aromatic heterocycles. The molecule has 0 unspecified atom stereocenters.